The van der Waals surface area contributed by atoms with Crippen LogP contribution >= 0.6 is 11.8 Å². The molecule has 6 heteroatoms. The molecule has 0 aliphatic carbocycles. The fourth-order valence-corrected chi connectivity index (χ4v) is 3.02. The highest BCUT2D eigenvalue weighted by Gasteiger charge is 2.14. The molecule has 1 saturated heterocycles. The number of amides is 1. The van der Waals surface area contributed by atoms with Gasteiger partial charge in [0.2, 0.25) is 5.91 Å². The first-order valence-corrected chi connectivity index (χ1v) is 8.44. The number of hydrogen-bond acceptors (Lipinski definition) is 5. The van der Waals surface area contributed by atoms with Gasteiger partial charge in [-0.25, -0.2) is 4.98 Å². The van der Waals surface area contributed by atoms with Crippen molar-refractivity contribution in [3.63, 3.8) is 0 Å². The van der Waals surface area contributed by atoms with Crippen LogP contribution in [-0.2, 0) is 4.79 Å². The van der Waals surface area contributed by atoms with Crippen molar-refractivity contribution >= 4 is 17.7 Å². The number of aromatic nitrogens is 1. The summed E-state index contributed by atoms with van der Waals surface area (Å²) < 4.78 is 0. The molecule has 1 amide bonds. The molecule has 0 radical (unpaired) electrons. The van der Waals surface area contributed by atoms with Gasteiger partial charge in [-0.15, -0.1) is 11.8 Å². The second-order valence-corrected chi connectivity index (χ2v) is 6.41. The van der Waals surface area contributed by atoms with Gasteiger partial charge in [-0.1, -0.05) is 6.07 Å². The van der Waals surface area contributed by atoms with Gasteiger partial charge in [0.05, 0.1) is 11.6 Å². The minimum atomic E-state index is 0.126. The van der Waals surface area contributed by atoms with Crippen LogP contribution in [0.2, 0.25) is 0 Å². The molecule has 0 spiro atoms. The van der Waals surface area contributed by atoms with Crippen molar-refractivity contribution in [2.24, 2.45) is 0 Å². The van der Waals surface area contributed by atoms with E-state index in [0.29, 0.717) is 13.1 Å². The molecule has 1 aromatic heterocycles. The summed E-state index contributed by atoms with van der Waals surface area (Å²) >= 11 is 1.67. The van der Waals surface area contributed by atoms with Crippen molar-refractivity contribution in [1.29, 1.82) is 0 Å². The Morgan fingerprint density at radius 3 is 3.05 bits per heavy atom. The molecule has 0 aromatic carbocycles. The molecule has 2 rings (SSSR count). The number of likely N-dealkylation sites (N-methyl/N-ethyl adjacent to an activating group) is 1. The zero-order chi connectivity index (χ0) is 14.9. The van der Waals surface area contributed by atoms with Crippen LogP contribution in [0, 0.1) is 0 Å². The maximum absolute atomic E-state index is 11.9. The largest absolute Gasteiger partial charge is 0.354 e. The third kappa shape index (κ3) is 6.46. The average molecular weight is 308 g/mol. The van der Waals surface area contributed by atoms with Gasteiger partial charge in [-0.05, 0) is 38.7 Å². The topological polar surface area (TPSA) is 48.5 Å². The summed E-state index contributed by atoms with van der Waals surface area (Å²) in [6.45, 7) is 5.37. The number of carbonyl (C=O) groups is 1. The number of nitrogens with zero attached hydrogens (tertiary/aromatic N) is 3. The predicted molar refractivity (Wildman–Crippen MR) is 86.5 cm³/mol. The Bertz CT molecular complexity index is 429. The lowest BCUT2D eigenvalue weighted by Gasteiger charge is -2.19. The summed E-state index contributed by atoms with van der Waals surface area (Å²) in [6.07, 6.45) is 2.93. The molecule has 2 heterocycles. The van der Waals surface area contributed by atoms with Gasteiger partial charge in [0.15, 0.2) is 0 Å². The zero-order valence-electron chi connectivity index (χ0n) is 12.6. The number of hydrogen-bond donors (Lipinski definition) is 1. The molecule has 21 heavy (non-hydrogen) atoms. The van der Waals surface area contributed by atoms with Gasteiger partial charge in [0, 0.05) is 31.6 Å². The van der Waals surface area contributed by atoms with Crippen LogP contribution in [0.25, 0.3) is 0 Å². The van der Waals surface area contributed by atoms with E-state index in [1.54, 1.807) is 18.0 Å². The van der Waals surface area contributed by atoms with Crippen molar-refractivity contribution in [1.82, 2.24) is 20.1 Å². The molecule has 1 N–H and O–H groups in total. The molecule has 1 fully saturated rings. The van der Waals surface area contributed by atoms with E-state index in [0.717, 1.165) is 43.4 Å². The highest BCUT2D eigenvalue weighted by atomic mass is 32.2. The van der Waals surface area contributed by atoms with E-state index < -0.39 is 0 Å². The molecule has 0 atom stereocenters. The molecular weight excluding hydrogens is 284 g/mol. The number of pyridine rings is 1. The van der Waals surface area contributed by atoms with Gasteiger partial charge in [-0.3, -0.25) is 9.69 Å². The number of nitrogens with one attached hydrogen (secondary N) is 1. The van der Waals surface area contributed by atoms with Gasteiger partial charge >= 0.3 is 0 Å². The molecule has 0 saturated carbocycles. The highest BCUT2D eigenvalue weighted by Crippen LogP contribution is 2.12. The summed E-state index contributed by atoms with van der Waals surface area (Å²) in [6, 6.07) is 5.87. The van der Waals surface area contributed by atoms with Crippen LogP contribution in [0.15, 0.2) is 29.4 Å². The lowest BCUT2D eigenvalue weighted by atomic mass is 10.4. The summed E-state index contributed by atoms with van der Waals surface area (Å²) in [5.41, 5.74) is 0. The number of thioether (sulfide) groups is 1. The summed E-state index contributed by atoms with van der Waals surface area (Å²) in [7, 11) is 2.14. The number of rotatable bonds is 6. The van der Waals surface area contributed by atoms with E-state index in [4.69, 9.17) is 0 Å². The molecule has 1 aliphatic heterocycles. The second kappa shape index (κ2) is 9.02. The van der Waals surface area contributed by atoms with Gasteiger partial charge in [0.1, 0.15) is 0 Å². The van der Waals surface area contributed by atoms with Crippen molar-refractivity contribution in [2.45, 2.75) is 11.4 Å². The van der Waals surface area contributed by atoms with Crippen molar-refractivity contribution in [3.05, 3.63) is 24.4 Å². The Hall–Kier alpha value is -1.11. The summed E-state index contributed by atoms with van der Waals surface area (Å²) in [4.78, 5) is 20.7. The maximum Gasteiger partial charge on any atom is 0.234 e. The smallest absolute Gasteiger partial charge is 0.234 e. The summed E-state index contributed by atoms with van der Waals surface area (Å²) in [5.74, 6) is 0.979. The number of carbonyl (C=O) groups excluding carboxylic acids is 1. The van der Waals surface area contributed by atoms with Crippen LogP contribution in [0.3, 0.4) is 0 Å². The van der Waals surface area contributed by atoms with Crippen LogP contribution in [0.5, 0.6) is 0 Å². The van der Waals surface area contributed by atoms with Crippen molar-refractivity contribution in [3.8, 4) is 0 Å². The Labute approximate surface area is 131 Å². The third-order valence-electron chi connectivity index (χ3n) is 3.49. The van der Waals surface area contributed by atoms with E-state index in [9.17, 15) is 4.79 Å². The van der Waals surface area contributed by atoms with Crippen molar-refractivity contribution < 1.29 is 4.79 Å². The first-order chi connectivity index (χ1) is 10.2. The van der Waals surface area contributed by atoms with E-state index in [-0.39, 0.29) is 5.91 Å². The maximum atomic E-state index is 11.9. The Balaban J connectivity index is 1.59. The first kappa shape index (κ1) is 16.3. The van der Waals surface area contributed by atoms with E-state index in [1.807, 2.05) is 18.2 Å². The van der Waals surface area contributed by atoms with Crippen LogP contribution < -0.4 is 5.32 Å². The fourth-order valence-electron chi connectivity index (χ4n) is 2.30. The third-order valence-corrected chi connectivity index (χ3v) is 4.44. The minimum absolute atomic E-state index is 0.126. The molecular formula is C15H24N4OS. The highest BCUT2D eigenvalue weighted by molar-refractivity contribution is 7.99. The predicted octanol–water partition coefficient (Wildman–Crippen LogP) is 0.927. The Morgan fingerprint density at radius 2 is 2.24 bits per heavy atom. The quantitative estimate of drug-likeness (QED) is 0.626. The SMILES string of the molecule is CN1CCCN(CC(=O)NCCSc2ccccn2)CC1. The molecule has 0 unspecified atom stereocenters. The normalized spacial score (nSPS) is 17.4. The van der Waals surface area contributed by atoms with Crippen LogP contribution in [-0.4, -0.2) is 72.8 Å². The van der Waals surface area contributed by atoms with Crippen molar-refractivity contribution in [2.75, 3.05) is 52.1 Å². The lowest BCUT2D eigenvalue weighted by Crippen LogP contribution is -2.39. The van der Waals surface area contributed by atoms with Crippen LogP contribution in [0.4, 0.5) is 0 Å². The second-order valence-electron chi connectivity index (χ2n) is 5.30. The Kier molecular flexibility index (Phi) is 6.99. The molecule has 1 aromatic rings. The van der Waals surface area contributed by atoms with E-state index in [2.05, 4.69) is 27.1 Å². The van der Waals surface area contributed by atoms with Gasteiger partial charge in [-0.2, -0.15) is 0 Å². The Morgan fingerprint density at radius 1 is 1.33 bits per heavy atom. The standard InChI is InChI=1S/C15H24N4OS/c1-18-8-4-9-19(11-10-18)13-14(20)16-7-12-21-15-5-2-3-6-17-15/h2-3,5-6H,4,7-13H2,1H3,(H,16,20). The zero-order valence-corrected chi connectivity index (χ0v) is 13.4. The average Bonchev–Trinajstić information content (AvgIpc) is 2.70. The van der Waals surface area contributed by atoms with E-state index >= 15 is 0 Å². The minimum Gasteiger partial charge on any atom is -0.354 e. The van der Waals surface area contributed by atoms with Crippen LogP contribution in [0.1, 0.15) is 6.42 Å². The molecule has 0 bridgehead atoms. The molecule has 1 aliphatic rings. The van der Waals surface area contributed by atoms with E-state index in [1.165, 1.54) is 0 Å². The fraction of sp³-hybridized carbons (Fsp3) is 0.600. The summed E-state index contributed by atoms with van der Waals surface area (Å²) in [5, 5.41) is 3.99. The lowest BCUT2D eigenvalue weighted by molar-refractivity contribution is -0.122. The molecule has 116 valence electrons. The van der Waals surface area contributed by atoms with Gasteiger partial charge in [0.25, 0.3) is 0 Å². The monoisotopic (exact) mass is 308 g/mol. The first-order valence-electron chi connectivity index (χ1n) is 7.45. The van der Waals surface area contributed by atoms with Gasteiger partial charge < -0.3 is 10.2 Å². The molecule has 5 nitrogen and oxygen atoms in total.